The number of piperazine rings is 1. The largest absolute Gasteiger partial charge is 0.354 e. The van der Waals surface area contributed by atoms with E-state index in [2.05, 4.69) is 115 Å². The van der Waals surface area contributed by atoms with Gasteiger partial charge in [0.2, 0.25) is 0 Å². The van der Waals surface area contributed by atoms with Crippen molar-refractivity contribution in [3.63, 3.8) is 0 Å². The fourth-order valence-electron chi connectivity index (χ4n) is 5.64. The molecule has 0 saturated carbocycles. The summed E-state index contributed by atoms with van der Waals surface area (Å²) in [7, 11) is 2.19. The van der Waals surface area contributed by atoms with E-state index in [1.165, 1.54) is 90.9 Å². The lowest BCUT2D eigenvalue weighted by atomic mass is 10.0. The van der Waals surface area contributed by atoms with Crippen molar-refractivity contribution < 1.29 is 9.47 Å². The molecule has 0 aromatic carbocycles. The van der Waals surface area contributed by atoms with Gasteiger partial charge in [-0.3, -0.25) is 19.6 Å². The zero-order valence-electron chi connectivity index (χ0n) is 30.8. The number of likely N-dealkylation sites (N-methyl/N-ethyl adjacent to an activating group) is 1. The Labute approximate surface area is 271 Å². The Morgan fingerprint density at radius 2 is 0.744 bits per heavy atom. The number of ether oxygens (including phenoxy) is 2. The lowest BCUT2D eigenvalue weighted by Crippen LogP contribution is -2.52. The van der Waals surface area contributed by atoms with Gasteiger partial charge in [-0.15, -0.1) is 0 Å². The van der Waals surface area contributed by atoms with E-state index in [0.29, 0.717) is 30.1 Å². The van der Waals surface area contributed by atoms with Crippen LogP contribution >= 0.6 is 0 Å². The molecular formula is C36H79N5O2. The average molecular weight is 614 g/mol. The van der Waals surface area contributed by atoms with Gasteiger partial charge in [0, 0.05) is 54.9 Å². The number of hydrogen-bond donors (Lipinski definition) is 0. The number of rotatable bonds is 0. The molecule has 0 unspecified atom stereocenters. The Balaban J connectivity index is 0.000000543. The summed E-state index contributed by atoms with van der Waals surface area (Å²) >= 11 is 0. The fraction of sp³-hybridized carbons (Fsp3) is 1.00. The van der Waals surface area contributed by atoms with Crippen LogP contribution in [-0.4, -0.2) is 133 Å². The fourth-order valence-corrected chi connectivity index (χ4v) is 5.64. The molecule has 0 atom stereocenters. The van der Waals surface area contributed by atoms with Crippen LogP contribution in [0.25, 0.3) is 0 Å². The minimum Gasteiger partial charge on any atom is -0.354 e. The van der Waals surface area contributed by atoms with E-state index < -0.39 is 0 Å². The van der Waals surface area contributed by atoms with Crippen LogP contribution < -0.4 is 0 Å². The van der Waals surface area contributed by atoms with E-state index >= 15 is 0 Å². The third kappa shape index (κ3) is 19.1. The Morgan fingerprint density at radius 1 is 0.395 bits per heavy atom. The molecule has 0 amide bonds. The quantitative estimate of drug-likeness (QED) is 0.285. The SMILES string of the molecule is C.CC(C)(C)N1CCCCC1.CC(C)(C)N1CCCCC1.CC(C)(C)N1CCOCOC1.CN1CCN(C(C)(C)C)CC1. The molecule has 4 fully saturated rings. The maximum absolute atomic E-state index is 5.24. The van der Waals surface area contributed by atoms with Gasteiger partial charge in [0.15, 0.2) is 0 Å². The normalized spacial score (nSPS) is 22.8. The molecule has 0 aromatic rings. The van der Waals surface area contributed by atoms with Gasteiger partial charge in [0.05, 0.1) is 6.61 Å². The number of nitrogens with zero attached hydrogens (tertiary/aromatic N) is 5. The van der Waals surface area contributed by atoms with Crippen molar-refractivity contribution >= 4 is 0 Å². The van der Waals surface area contributed by atoms with E-state index in [0.717, 1.165) is 13.2 Å². The zero-order valence-corrected chi connectivity index (χ0v) is 30.8. The summed E-state index contributed by atoms with van der Waals surface area (Å²) in [6, 6.07) is 0. The molecule has 4 rings (SSSR count). The standard InChI is InChI=1S/C9H20N2.2C9H19N.C8H17NO2.CH4/c1-9(2,3)11-7-5-10(4)6-8-11;2*1-9(2,3)10-7-5-4-6-8-10;1-8(2,3)9-4-5-10-7-11-6-9;/h5-8H2,1-4H3;2*4-8H2,1-3H3;4-7H2,1-3H3;1H4. The minimum absolute atomic E-state index is 0. The Kier molecular flexibility index (Phi) is 19.9. The van der Waals surface area contributed by atoms with Gasteiger partial charge in [-0.25, -0.2) is 0 Å². The number of likely N-dealkylation sites (tertiary alicyclic amines) is 2. The minimum atomic E-state index is 0. The lowest BCUT2D eigenvalue weighted by molar-refractivity contribution is -0.0596. The zero-order chi connectivity index (χ0) is 32.0. The second-order valence-electron chi connectivity index (χ2n) is 16.7. The Morgan fingerprint density at radius 3 is 1.07 bits per heavy atom. The molecule has 7 heteroatoms. The predicted octanol–water partition coefficient (Wildman–Crippen LogP) is 7.26. The number of hydrogen-bond acceptors (Lipinski definition) is 7. The first-order chi connectivity index (χ1) is 19.3. The smallest absolute Gasteiger partial charge is 0.148 e. The maximum atomic E-state index is 5.24. The van der Waals surface area contributed by atoms with E-state index in [4.69, 9.17) is 9.47 Å². The maximum Gasteiger partial charge on any atom is 0.148 e. The van der Waals surface area contributed by atoms with Crippen LogP contribution in [0.5, 0.6) is 0 Å². The number of piperidine rings is 2. The summed E-state index contributed by atoms with van der Waals surface area (Å²) in [4.78, 5) is 12.4. The van der Waals surface area contributed by atoms with Gasteiger partial charge < -0.3 is 14.4 Å². The van der Waals surface area contributed by atoms with Crippen molar-refractivity contribution in [1.29, 1.82) is 0 Å². The van der Waals surface area contributed by atoms with E-state index in [1.807, 2.05) is 0 Å². The third-order valence-electron chi connectivity index (χ3n) is 8.93. The molecule has 260 valence electrons. The Bertz CT molecular complexity index is 634. The van der Waals surface area contributed by atoms with Gasteiger partial charge in [-0.2, -0.15) is 0 Å². The van der Waals surface area contributed by atoms with E-state index in [1.54, 1.807) is 0 Å². The molecule has 7 nitrogen and oxygen atoms in total. The van der Waals surface area contributed by atoms with Crippen LogP contribution in [0.15, 0.2) is 0 Å². The molecule has 4 aliphatic heterocycles. The highest BCUT2D eigenvalue weighted by Gasteiger charge is 2.25. The van der Waals surface area contributed by atoms with Gasteiger partial charge in [-0.1, -0.05) is 20.3 Å². The highest BCUT2D eigenvalue weighted by Crippen LogP contribution is 2.20. The lowest BCUT2D eigenvalue weighted by Gasteiger charge is -2.41. The summed E-state index contributed by atoms with van der Waals surface area (Å²) in [5.74, 6) is 0. The summed E-state index contributed by atoms with van der Waals surface area (Å²) in [6.45, 7) is 40.2. The van der Waals surface area contributed by atoms with Crippen molar-refractivity contribution in [2.75, 3.05) is 86.1 Å². The first-order valence-corrected chi connectivity index (χ1v) is 17.2. The highest BCUT2D eigenvalue weighted by atomic mass is 16.7. The molecule has 4 saturated heterocycles. The van der Waals surface area contributed by atoms with Crippen LogP contribution in [-0.2, 0) is 9.47 Å². The van der Waals surface area contributed by atoms with Crippen LogP contribution in [0.2, 0.25) is 0 Å². The topological polar surface area (TPSA) is 34.7 Å². The van der Waals surface area contributed by atoms with Crippen molar-refractivity contribution in [3.8, 4) is 0 Å². The highest BCUT2D eigenvalue weighted by molar-refractivity contribution is 4.81. The molecular weight excluding hydrogens is 534 g/mol. The van der Waals surface area contributed by atoms with Crippen LogP contribution in [0.1, 0.15) is 129 Å². The van der Waals surface area contributed by atoms with Crippen LogP contribution in [0.3, 0.4) is 0 Å². The molecule has 4 heterocycles. The second-order valence-corrected chi connectivity index (χ2v) is 16.7. The Hall–Kier alpha value is -0.280. The molecule has 0 aromatic heterocycles. The van der Waals surface area contributed by atoms with E-state index in [9.17, 15) is 0 Å². The summed E-state index contributed by atoms with van der Waals surface area (Å²) < 4.78 is 10.4. The predicted molar refractivity (Wildman–Crippen MR) is 189 cm³/mol. The second kappa shape index (κ2) is 20.1. The van der Waals surface area contributed by atoms with Crippen molar-refractivity contribution in [1.82, 2.24) is 24.5 Å². The summed E-state index contributed by atoms with van der Waals surface area (Å²) in [6.07, 6.45) is 8.47. The average Bonchev–Trinajstić information content (AvgIpc) is 3.20. The molecule has 4 aliphatic rings. The molecule has 0 bridgehead atoms. The van der Waals surface area contributed by atoms with Gasteiger partial charge in [0.1, 0.15) is 13.5 Å². The molecule has 0 spiro atoms. The summed E-state index contributed by atoms with van der Waals surface area (Å²) in [5, 5.41) is 0. The van der Waals surface area contributed by atoms with Crippen LogP contribution in [0, 0.1) is 0 Å². The van der Waals surface area contributed by atoms with Crippen molar-refractivity contribution in [3.05, 3.63) is 0 Å². The molecule has 0 radical (unpaired) electrons. The third-order valence-corrected chi connectivity index (χ3v) is 8.93. The first-order valence-electron chi connectivity index (χ1n) is 17.2. The van der Waals surface area contributed by atoms with E-state index in [-0.39, 0.29) is 13.0 Å². The van der Waals surface area contributed by atoms with Gasteiger partial charge in [0.25, 0.3) is 0 Å². The molecule has 0 aliphatic carbocycles. The first kappa shape index (κ1) is 42.7. The van der Waals surface area contributed by atoms with Gasteiger partial charge in [-0.05, 0) is 142 Å². The monoisotopic (exact) mass is 614 g/mol. The van der Waals surface area contributed by atoms with Crippen molar-refractivity contribution in [2.45, 2.75) is 151 Å². The van der Waals surface area contributed by atoms with Crippen LogP contribution in [0.4, 0.5) is 0 Å². The summed E-state index contributed by atoms with van der Waals surface area (Å²) in [5.41, 5.74) is 1.36. The molecule has 43 heavy (non-hydrogen) atoms. The molecule has 0 N–H and O–H groups in total. The van der Waals surface area contributed by atoms with Gasteiger partial charge >= 0.3 is 0 Å². The van der Waals surface area contributed by atoms with Crippen molar-refractivity contribution in [2.24, 2.45) is 0 Å².